The van der Waals surface area contributed by atoms with Crippen molar-refractivity contribution in [2.24, 2.45) is 0 Å². The predicted octanol–water partition coefficient (Wildman–Crippen LogP) is 5.56. The summed E-state index contributed by atoms with van der Waals surface area (Å²) in [4.78, 5) is 8.89. The average molecular weight is 461 g/mol. The third-order valence-corrected chi connectivity index (χ3v) is 6.64. The second-order valence-electron chi connectivity index (χ2n) is 8.06. The van der Waals surface area contributed by atoms with Crippen LogP contribution in [-0.2, 0) is 12.6 Å². The van der Waals surface area contributed by atoms with Gasteiger partial charge in [-0.15, -0.1) is 0 Å². The van der Waals surface area contributed by atoms with Crippen LogP contribution < -0.4 is 10.6 Å². The summed E-state index contributed by atoms with van der Waals surface area (Å²) in [5.41, 5.74) is 10.3. The van der Waals surface area contributed by atoms with Crippen molar-refractivity contribution in [2.45, 2.75) is 25.4 Å². The van der Waals surface area contributed by atoms with E-state index in [4.69, 9.17) is 5.73 Å². The van der Waals surface area contributed by atoms with Crippen LogP contribution in [0.3, 0.4) is 0 Å². The number of benzene rings is 1. The molecule has 32 heavy (non-hydrogen) atoms. The first-order valence-corrected chi connectivity index (χ1v) is 11.8. The summed E-state index contributed by atoms with van der Waals surface area (Å²) in [7, 11) is 0. The highest BCUT2D eigenvalue weighted by Gasteiger charge is 2.31. The number of thiophene rings is 1. The number of rotatable bonds is 7. The Balaban J connectivity index is 1.23. The molecule has 0 atom stereocenters. The minimum Gasteiger partial charge on any atom is -0.397 e. The Bertz CT molecular complexity index is 1010. The number of halogens is 3. The maximum atomic E-state index is 13.0. The van der Waals surface area contributed by atoms with Crippen molar-refractivity contribution in [2.75, 3.05) is 43.4 Å². The molecule has 1 fully saturated rings. The summed E-state index contributed by atoms with van der Waals surface area (Å²) in [5, 5.41) is 4.14. The van der Waals surface area contributed by atoms with Crippen LogP contribution in [0.4, 0.5) is 24.5 Å². The molecule has 3 heterocycles. The summed E-state index contributed by atoms with van der Waals surface area (Å²) in [6.45, 7) is 4.14. The number of anilines is 2. The maximum absolute atomic E-state index is 13.0. The van der Waals surface area contributed by atoms with Crippen LogP contribution in [0, 0.1) is 0 Å². The van der Waals surface area contributed by atoms with Crippen LogP contribution in [-0.4, -0.2) is 42.6 Å². The Kier molecular flexibility index (Phi) is 7.01. The normalized spacial score (nSPS) is 15.3. The SMILES string of the molecule is Nc1c(-c2ccsc2)ccnc1CCCCN1CCN(c2cccc(C(F)(F)F)c2)CC1. The number of piperazine rings is 1. The van der Waals surface area contributed by atoms with Crippen molar-refractivity contribution in [1.82, 2.24) is 9.88 Å². The van der Waals surface area contributed by atoms with E-state index >= 15 is 0 Å². The minimum atomic E-state index is -4.31. The van der Waals surface area contributed by atoms with Crippen molar-refractivity contribution >= 4 is 22.7 Å². The lowest BCUT2D eigenvalue weighted by atomic mass is 10.0. The Morgan fingerprint density at radius 3 is 2.56 bits per heavy atom. The molecule has 8 heteroatoms. The van der Waals surface area contributed by atoms with E-state index < -0.39 is 11.7 Å². The first kappa shape index (κ1) is 22.6. The highest BCUT2D eigenvalue weighted by Crippen LogP contribution is 2.32. The summed E-state index contributed by atoms with van der Waals surface area (Å²) < 4.78 is 38.9. The lowest BCUT2D eigenvalue weighted by molar-refractivity contribution is -0.137. The second-order valence-corrected chi connectivity index (χ2v) is 8.84. The van der Waals surface area contributed by atoms with E-state index in [1.165, 1.54) is 12.1 Å². The van der Waals surface area contributed by atoms with Crippen LogP contribution in [0.2, 0.25) is 0 Å². The van der Waals surface area contributed by atoms with Gasteiger partial charge in [0.05, 0.1) is 16.9 Å². The highest BCUT2D eigenvalue weighted by molar-refractivity contribution is 7.08. The van der Waals surface area contributed by atoms with E-state index in [1.807, 2.05) is 22.5 Å². The van der Waals surface area contributed by atoms with Crippen LogP contribution in [0.1, 0.15) is 24.1 Å². The quantitative estimate of drug-likeness (QED) is 0.469. The van der Waals surface area contributed by atoms with Gasteiger partial charge in [0, 0.05) is 43.6 Å². The van der Waals surface area contributed by atoms with Crippen molar-refractivity contribution in [1.29, 1.82) is 0 Å². The number of hydrogen-bond acceptors (Lipinski definition) is 5. The third kappa shape index (κ3) is 5.42. The molecule has 0 amide bonds. The zero-order valence-corrected chi connectivity index (χ0v) is 18.6. The molecule has 2 N–H and O–H groups in total. The first-order chi connectivity index (χ1) is 15.4. The van der Waals surface area contributed by atoms with Gasteiger partial charge in [-0.1, -0.05) is 6.07 Å². The molecule has 0 saturated carbocycles. The van der Waals surface area contributed by atoms with E-state index in [9.17, 15) is 13.2 Å². The van der Waals surface area contributed by atoms with Gasteiger partial charge in [-0.3, -0.25) is 9.88 Å². The fraction of sp³-hybridized carbons (Fsp3) is 0.375. The van der Waals surface area contributed by atoms with Crippen LogP contribution >= 0.6 is 11.3 Å². The lowest BCUT2D eigenvalue weighted by Gasteiger charge is -2.36. The Morgan fingerprint density at radius 2 is 1.84 bits per heavy atom. The van der Waals surface area contributed by atoms with Gasteiger partial charge in [0.1, 0.15) is 0 Å². The molecule has 0 radical (unpaired) electrons. The van der Waals surface area contributed by atoms with Crippen molar-refractivity contribution in [3.8, 4) is 11.1 Å². The molecule has 0 unspecified atom stereocenters. The molecule has 0 spiro atoms. The number of nitrogens with zero attached hydrogens (tertiary/aromatic N) is 3. The number of aromatic nitrogens is 1. The molecule has 1 saturated heterocycles. The largest absolute Gasteiger partial charge is 0.416 e. The number of unbranched alkanes of at least 4 members (excludes halogenated alkanes) is 1. The molecule has 0 bridgehead atoms. The Hall–Kier alpha value is -2.58. The number of nitrogens with two attached hydrogens (primary N) is 1. The van der Waals surface area contributed by atoms with E-state index in [0.717, 1.165) is 80.6 Å². The highest BCUT2D eigenvalue weighted by atomic mass is 32.1. The van der Waals surface area contributed by atoms with Gasteiger partial charge in [0.25, 0.3) is 0 Å². The zero-order chi connectivity index (χ0) is 22.6. The van der Waals surface area contributed by atoms with Gasteiger partial charge in [0.15, 0.2) is 0 Å². The average Bonchev–Trinajstić information content (AvgIpc) is 3.32. The van der Waals surface area contributed by atoms with E-state index in [1.54, 1.807) is 17.4 Å². The number of hydrogen-bond donors (Lipinski definition) is 1. The standard InChI is InChI=1S/C24H27F3N4S/c25-24(26,27)19-4-3-5-20(16-19)31-13-11-30(12-14-31)10-2-1-6-22-23(28)21(7-9-29-22)18-8-15-32-17-18/h3-5,7-9,15-17H,1-2,6,10-14,28H2. The molecule has 170 valence electrons. The maximum Gasteiger partial charge on any atom is 0.416 e. The molecule has 0 aliphatic carbocycles. The fourth-order valence-electron chi connectivity index (χ4n) is 4.12. The smallest absolute Gasteiger partial charge is 0.397 e. The zero-order valence-electron chi connectivity index (χ0n) is 17.8. The van der Waals surface area contributed by atoms with Crippen molar-refractivity contribution in [3.05, 3.63) is 64.6 Å². The number of nitrogen functional groups attached to an aromatic ring is 1. The Labute approximate surface area is 190 Å². The summed E-state index contributed by atoms with van der Waals surface area (Å²) in [5.74, 6) is 0. The Morgan fingerprint density at radius 1 is 1.03 bits per heavy atom. The van der Waals surface area contributed by atoms with Gasteiger partial charge >= 0.3 is 6.18 Å². The molecule has 4 rings (SSSR count). The van der Waals surface area contributed by atoms with Crippen LogP contribution in [0.25, 0.3) is 11.1 Å². The van der Waals surface area contributed by atoms with Crippen molar-refractivity contribution in [3.63, 3.8) is 0 Å². The third-order valence-electron chi connectivity index (χ3n) is 5.95. The van der Waals surface area contributed by atoms with Crippen LogP contribution in [0.5, 0.6) is 0 Å². The van der Waals surface area contributed by atoms with Gasteiger partial charge in [-0.25, -0.2) is 0 Å². The van der Waals surface area contributed by atoms with Crippen molar-refractivity contribution < 1.29 is 13.2 Å². The first-order valence-electron chi connectivity index (χ1n) is 10.8. The molecule has 2 aromatic heterocycles. The predicted molar refractivity (Wildman–Crippen MR) is 125 cm³/mol. The van der Waals surface area contributed by atoms with Gasteiger partial charge in [0.2, 0.25) is 0 Å². The minimum absolute atomic E-state index is 0.589. The molecule has 1 aliphatic rings. The van der Waals surface area contributed by atoms with Gasteiger partial charge in [-0.05, 0) is 72.5 Å². The topological polar surface area (TPSA) is 45.4 Å². The molecule has 1 aliphatic heterocycles. The molecule has 1 aromatic carbocycles. The van der Waals surface area contributed by atoms with Gasteiger partial charge in [-0.2, -0.15) is 24.5 Å². The molecular formula is C24H27F3N4S. The summed E-state index contributed by atoms with van der Waals surface area (Å²) >= 11 is 1.65. The number of aryl methyl sites for hydroxylation is 1. The van der Waals surface area contributed by atoms with Crippen LogP contribution in [0.15, 0.2) is 53.4 Å². The number of pyridine rings is 1. The second kappa shape index (κ2) is 9.92. The van der Waals surface area contributed by atoms with E-state index in [0.29, 0.717) is 5.69 Å². The fourth-order valence-corrected chi connectivity index (χ4v) is 4.78. The number of alkyl halides is 3. The molecule has 3 aromatic rings. The molecule has 4 nitrogen and oxygen atoms in total. The monoisotopic (exact) mass is 460 g/mol. The van der Waals surface area contributed by atoms with E-state index in [2.05, 4.69) is 21.3 Å². The summed E-state index contributed by atoms with van der Waals surface area (Å²) in [6, 6.07) is 9.64. The van der Waals surface area contributed by atoms with E-state index in [-0.39, 0.29) is 0 Å². The molecular weight excluding hydrogens is 433 g/mol. The summed E-state index contributed by atoms with van der Waals surface area (Å²) in [6.07, 6.45) is 0.393. The lowest BCUT2D eigenvalue weighted by Crippen LogP contribution is -2.46. The van der Waals surface area contributed by atoms with Gasteiger partial charge < -0.3 is 10.6 Å².